The van der Waals surface area contributed by atoms with Crippen LogP contribution in [0.1, 0.15) is 12.5 Å². The van der Waals surface area contributed by atoms with Crippen LogP contribution in [0.15, 0.2) is 41.1 Å². The molecule has 104 valence electrons. The van der Waals surface area contributed by atoms with Crippen molar-refractivity contribution in [1.29, 1.82) is 0 Å². The molecule has 1 aromatic heterocycles. The number of para-hydroxylation sites is 2. The number of nitrogens with one attached hydrogen (secondary N) is 1. The maximum Gasteiger partial charge on any atom is 0.265 e. The summed E-state index contributed by atoms with van der Waals surface area (Å²) in [6.45, 7) is 2.35. The lowest BCUT2D eigenvalue weighted by molar-refractivity contribution is -0.133. The fraction of sp³-hybridized carbons (Fsp3) is 0.267. The molecule has 1 amide bonds. The van der Waals surface area contributed by atoms with Crippen LogP contribution in [0.2, 0.25) is 0 Å². The lowest BCUT2D eigenvalue weighted by Gasteiger charge is -2.30. The first-order chi connectivity index (χ1) is 9.74. The van der Waals surface area contributed by atoms with Crippen LogP contribution in [-0.2, 0) is 11.3 Å². The Morgan fingerprint density at radius 3 is 2.70 bits per heavy atom. The van der Waals surface area contributed by atoms with Gasteiger partial charge in [0.15, 0.2) is 11.5 Å². The van der Waals surface area contributed by atoms with E-state index >= 15 is 0 Å². The monoisotopic (exact) mass is 289 g/mol. The van der Waals surface area contributed by atoms with Crippen LogP contribution >= 0.6 is 11.3 Å². The zero-order valence-electron chi connectivity index (χ0n) is 11.0. The molecule has 0 saturated carbocycles. The molecule has 0 fully saturated rings. The maximum absolute atomic E-state index is 12.2. The molecule has 2 unspecified atom stereocenters. The number of carbonyl (C=O) groups is 1. The number of amides is 1. The number of thiophene rings is 1. The van der Waals surface area contributed by atoms with Crippen LogP contribution in [0, 0.1) is 0 Å². The number of rotatable bonds is 3. The van der Waals surface area contributed by atoms with Crippen LogP contribution in [0.4, 0.5) is 0 Å². The molecule has 0 saturated heterocycles. The molecular weight excluding hydrogens is 274 g/mol. The van der Waals surface area contributed by atoms with Crippen molar-refractivity contribution in [1.82, 2.24) is 5.32 Å². The molecule has 2 aromatic rings. The topological polar surface area (TPSA) is 47.6 Å². The standard InChI is InChI=1S/C15H15NO3S/c1-10-14(15(17)16-8-11-6-7-20-9-11)19-13-5-3-2-4-12(13)18-10/h2-7,9-10,14H,8H2,1H3,(H,16,17). The first-order valence-electron chi connectivity index (χ1n) is 6.45. The van der Waals surface area contributed by atoms with Crippen LogP contribution in [0.3, 0.4) is 0 Å². The highest BCUT2D eigenvalue weighted by Gasteiger charge is 2.33. The molecule has 3 rings (SSSR count). The van der Waals surface area contributed by atoms with E-state index in [0.29, 0.717) is 18.0 Å². The van der Waals surface area contributed by atoms with E-state index in [1.165, 1.54) is 0 Å². The van der Waals surface area contributed by atoms with Crippen LogP contribution in [-0.4, -0.2) is 18.1 Å². The number of ether oxygens (including phenoxy) is 2. The van der Waals surface area contributed by atoms with E-state index in [1.807, 2.05) is 41.9 Å². The number of fused-ring (bicyclic) bond motifs is 1. The molecule has 2 heterocycles. The minimum atomic E-state index is -0.622. The Bertz CT molecular complexity index is 597. The van der Waals surface area contributed by atoms with Crippen molar-refractivity contribution < 1.29 is 14.3 Å². The minimum Gasteiger partial charge on any atom is -0.482 e. The number of hydrogen-bond acceptors (Lipinski definition) is 4. The van der Waals surface area contributed by atoms with E-state index in [4.69, 9.17) is 9.47 Å². The third-order valence-corrected chi connectivity index (χ3v) is 3.88. The van der Waals surface area contributed by atoms with Gasteiger partial charge in [-0.1, -0.05) is 12.1 Å². The average molecular weight is 289 g/mol. The van der Waals surface area contributed by atoms with Gasteiger partial charge >= 0.3 is 0 Å². The Balaban J connectivity index is 1.66. The van der Waals surface area contributed by atoms with Crippen LogP contribution in [0.25, 0.3) is 0 Å². The summed E-state index contributed by atoms with van der Waals surface area (Å²) in [7, 11) is 0. The van der Waals surface area contributed by atoms with Gasteiger partial charge in [0.2, 0.25) is 6.10 Å². The summed E-state index contributed by atoms with van der Waals surface area (Å²) in [6, 6.07) is 9.37. The van der Waals surface area contributed by atoms with Crippen molar-refractivity contribution in [2.45, 2.75) is 25.7 Å². The van der Waals surface area contributed by atoms with Gasteiger partial charge in [-0.15, -0.1) is 0 Å². The van der Waals surface area contributed by atoms with Gasteiger partial charge in [0.25, 0.3) is 5.91 Å². The second-order valence-electron chi connectivity index (χ2n) is 4.66. The molecule has 1 aliphatic rings. The van der Waals surface area contributed by atoms with Gasteiger partial charge in [0.05, 0.1) is 0 Å². The lowest BCUT2D eigenvalue weighted by atomic mass is 10.1. The predicted octanol–water partition coefficient (Wildman–Crippen LogP) is 2.59. The molecule has 5 heteroatoms. The van der Waals surface area contributed by atoms with E-state index < -0.39 is 6.10 Å². The van der Waals surface area contributed by atoms with E-state index in [2.05, 4.69) is 5.32 Å². The lowest BCUT2D eigenvalue weighted by Crippen LogP contribution is -2.48. The summed E-state index contributed by atoms with van der Waals surface area (Å²) < 4.78 is 11.5. The summed E-state index contributed by atoms with van der Waals surface area (Å²) in [5.74, 6) is 1.14. The Kier molecular flexibility index (Phi) is 3.60. The molecule has 1 aromatic carbocycles. The Hall–Kier alpha value is -2.01. The van der Waals surface area contributed by atoms with Gasteiger partial charge in [-0.2, -0.15) is 11.3 Å². The third-order valence-electron chi connectivity index (χ3n) is 3.15. The Morgan fingerprint density at radius 2 is 2.00 bits per heavy atom. The van der Waals surface area contributed by atoms with Crippen molar-refractivity contribution in [2.24, 2.45) is 0 Å². The smallest absolute Gasteiger partial charge is 0.265 e. The maximum atomic E-state index is 12.2. The van der Waals surface area contributed by atoms with Crippen molar-refractivity contribution in [3.63, 3.8) is 0 Å². The first-order valence-corrected chi connectivity index (χ1v) is 7.39. The fourth-order valence-corrected chi connectivity index (χ4v) is 2.76. The Morgan fingerprint density at radius 1 is 1.25 bits per heavy atom. The van der Waals surface area contributed by atoms with Crippen molar-refractivity contribution in [2.75, 3.05) is 0 Å². The normalized spacial score (nSPS) is 20.4. The van der Waals surface area contributed by atoms with Gasteiger partial charge in [0.1, 0.15) is 6.10 Å². The second kappa shape index (κ2) is 5.54. The van der Waals surface area contributed by atoms with Crippen LogP contribution < -0.4 is 14.8 Å². The summed E-state index contributed by atoms with van der Waals surface area (Å²) in [4.78, 5) is 12.2. The minimum absolute atomic E-state index is 0.154. The van der Waals surface area contributed by atoms with Gasteiger partial charge in [-0.05, 0) is 41.4 Å². The predicted molar refractivity (Wildman–Crippen MR) is 77.1 cm³/mol. The quantitative estimate of drug-likeness (QED) is 0.945. The summed E-state index contributed by atoms with van der Waals surface area (Å²) in [5.41, 5.74) is 1.09. The highest BCUT2D eigenvalue weighted by atomic mass is 32.1. The van der Waals surface area contributed by atoms with Crippen molar-refractivity contribution >= 4 is 17.2 Å². The molecule has 20 heavy (non-hydrogen) atoms. The van der Waals surface area contributed by atoms with Gasteiger partial charge in [-0.3, -0.25) is 4.79 Å². The average Bonchev–Trinajstić information content (AvgIpc) is 2.97. The fourth-order valence-electron chi connectivity index (χ4n) is 2.09. The van der Waals surface area contributed by atoms with Crippen molar-refractivity contribution in [3.05, 3.63) is 46.7 Å². The molecule has 0 aliphatic carbocycles. The molecule has 4 nitrogen and oxygen atoms in total. The molecule has 0 spiro atoms. The van der Waals surface area contributed by atoms with Crippen molar-refractivity contribution in [3.8, 4) is 11.5 Å². The molecule has 1 aliphatic heterocycles. The van der Waals surface area contributed by atoms with Gasteiger partial charge in [0, 0.05) is 6.54 Å². The number of hydrogen-bond donors (Lipinski definition) is 1. The summed E-state index contributed by atoms with van der Waals surface area (Å²) >= 11 is 1.61. The highest BCUT2D eigenvalue weighted by Crippen LogP contribution is 2.33. The Labute approximate surface area is 121 Å². The van der Waals surface area contributed by atoms with E-state index in [1.54, 1.807) is 17.4 Å². The molecule has 0 radical (unpaired) electrons. The summed E-state index contributed by atoms with van der Waals surface area (Å²) in [5, 5.41) is 6.88. The van der Waals surface area contributed by atoms with E-state index in [-0.39, 0.29) is 12.0 Å². The third kappa shape index (κ3) is 2.63. The molecular formula is C15H15NO3S. The molecule has 0 bridgehead atoms. The largest absolute Gasteiger partial charge is 0.482 e. The van der Waals surface area contributed by atoms with Gasteiger partial charge in [-0.25, -0.2) is 0 Å². The van der Waals surface area contributed by atoms with E-state index in [9.17, 15) is 4.79 Å². The number of benzene rings is 1. The molecule has 1 N–H and O–H groups in total. The first kappa shape index (κ1) is 13.0. The zero-order valence-corrected chi connectivity index (χ0v) is 11.9. The van der Waals surface area contributed by atoms with Gasteiger partial charge < -0.3 is 14.8 Å². The SMILES string of the molecule is CC1Oc2ccccc2OC1C(=O)NCc1ccsc1. The van der Waals surface area contributed by atoms with E-state index in [0.717, 1.165) is 5.56 Å². The second-order valence-corrected chi connectivity index (χ2v) is 5.44. The van der Waals surface area contributed by atoms with Crippen LogP contribution in [0.5, 0.6) is 11.5 Å². The summed E-state index contributed by atoms with van der Waals surface area (Å²) in [6.07, 6.45) is -0.934. The molecule has 2 atom stereocenters. The highest BCUT2D eigenvalue weighted by molar-refractivity contribution is 7.07. The zero-order chi connectivity index (χ0) is 13.9. The number of carbonyl (C=O) groups excluding carboxylic acids is 1.